The van der Waals surface area contributed by atoms with Gasteiger partial charge in [0.25, 0.3) is 0 Å². The number of nitrogens with zero attached hydrogens (tertiary/aromatic N) is 1. The molecule has 1 heterocycles. The normalized spacial score (nSPS) is 10.8. The molecule has 0 aliphatic carbocycles. The second-order valence-corrected chi connectivity index (χ2v) is 6.04. The van der Waals surface area contributed by atoms with Crippen LogP contribution in [0.5, 0.6) is 5.75 Å². The summed E-state index contributed by atoms with van der Waals surface area (Å²) >= 11 is 0. The zero-order chi connectivity index (χ0) is 17.8. The molecule has 0 spiro atoms. The molecule has 0 bridgehead atoms. The Morgan fingerprint density at radius 2 is 1.92 bits per heavy atom. The second-order valence-electron chi connectivity index (χ2n) is 6.04. The van der Waals surface area contributed by atoms with Crippen molar-refractivity contribution < 1.29 is 14.6 Å². The summed E-state index contributed by atoms with van der Waals surface area (Å²) < 4.78 is 5.66. The van der Waals surface area contributed by atoms with Crippen LogP contribution in [0.2, 0.25) is 0 Å². The van der Waals surface area contributed by atoms with Crippen molar-refractivity contribution in [3.63, 3.8) is 0 Å². The van der Waals surface area contributed by atoms with Crippen molar-refractivity contribution in [2.75, 3.05) is 6.61 Å². The number of carbonyl (C=O) groups is 1. The topological polar surface area (TPSA) is 62.2 Å². The zero-order valence-electron chi connectivity index (χ0n) is 14.4. The highest BCUT2D eigenvalue weighted by Crippen LogP contribution is 2.27. The summed E-state index contributed by atoms with van der Waals surface area (Å²) in [5.41, 5.74) is 3.23. The summed E-state index contributed by atoms with van der Waals surface area (Å²) in [5.74, 6) is -0.395. The molecule has 1 aromatic heterocycles. The number of aromatic carboxylic acids is 1. The molecule has 4 nitrogen and oxygen atoms in total. The van der Waals surface area contributed by atoms with Gasteiger partial charge in [-0.15, -0.1) is 0 Å². The van der Waals surface area contributed by atoms with Gasteiger partial charge in [-0.3, -0.25) is 0 Å². The molecule has 0 amide bonds. The van der Waals surface area contributed by atoms with Crippen LogP contribution in [0.4, 0.5) is 0 Å². The van der Waals surface area contributed by atoms with E-state index in [1.165, 1.54) is 0 Å². The van der Waals surface area contributed by atoms with Crippen LogP contribution in [0.25, 0.3) is 22.2 Å². The van der Waals surface area contributed by atoms with Crippen molar-refractivity contribution in [1.29, 1.82) is 0 Å². The predicted molar refractivity (Wildman–Crippen MR) is 96.6 cm³/mol. The van der Waals surface area contributed by atoms with Crippen molar-refractivity contribution in [2.45, 2.75) is 26.7 Å². The van der Waals surface area contributed by atoms with E-state index in [0.29, 0.717) is 23.2 Å². The number of pyridine rings is 1. The van der Waals surface area contributed by atoms with Crippen LogP contribution >= 0.6 is 0 Å². The number of fused-ring (bicyclic) bond motifs is 1. The highest BCUT2D eigenvalue weighted by Gasteiger charge is 2.10. The Morgan fingerprint density at radius 3 is 2.60 bits per heavy atom. The molecule has 3 rings (SSSR count). The van der Waals surface area contributed by atoms with Gasteiger partial charge in [0.1, 0.15) is 5.75 Å². The Hall–Kier alpha value is -2.88. The summed E-state index contributed by atoms with van der Waals surface area (Å²) in [7, 11) is 0. The minimum atomic E-state index is -1.20. The van der Waals surface area contributed by atoms with Gasteiger partial charge in [0.05, 0.1) is 23.8 Å². The van der Waals surface area contributed by atoms with Crippen LogP contribution in [0, 0.1) is 6.92 Å². The van der Waals surface area contributed by atoms with Gasteiger partial charge in [0.15, 0.2) is 0 Å². The van der Waals surface area contributed by atoms with E-state index >= 15 is 0 Å². The van der Waals surface area contributed by atoms with E-state index in [4.69, 9.17) is 4.74 Å². The molecule has 2 aromatic carbocycles. The molecule has 128 valence electrons. The molecule has 0 atom stereocenters. The number of unbranched alkanes of at least 4 members (excludes halogenated alkanes) is 1. The van der Waals surface area contributed by atoms with E-state index in [0.717, 1.165) is 29.7 Å². The number of carbonyl (C=O) groups excluding carboxylic acids is 1. The molecule has 0 saturated carbocycles. The Bertz CT molecular complexity index is 901. The number of carboxylic acids is 1. The molecular weight excluding hydrogens is 314 g/mol. The lowest BCUT2D eigenvalue weighted by molar-refractivity contribution is -0.254. The molecule has 25 heavy (non-hydrogen) atoms. The summed E-state index contributed by atoms with van der Waals surface area (Å²) in [6.45, 7) is 4.73. The van der Waals surface area contributed by atoms with Crippen molar-refractivity contribution in [2.24, 2.45) is 0 Å². The number of rotatable bonds is 6. The van der Waals surface area contributed by atoms with Gasteiger partial charge in [-0.05, 0) is 49.2 Å². The maximum absolute atomic E-state index is 11.6. The predicted octanol–water partition coefficient (Wildman–Crippen LogP) is 3.75. The zero-order valence-corrected chi connectivity index (χ0v) is 14.4. The maximum Gasteiger partial charge on any atom is 0.119 e. The van der Waals surface area contributed by atoms with Crippen LogP contribution in [-0.2, 0) is 0 Å². The third-order valence-electron chi connectivity index (χ3n) is 4.18. The molecule has 0 fully saturated rings. The number of aryl methyl sites for hydroxylation is 1. The van der Waals surface area contributed by atoms with Gasteiger partial charge in [-0.1, -0.05) is 31.5 Å². The van der Waals surface area contributed by atoms with Crippen LogP contribution in [0.3, 0.4) is 0 Å². The Balaban J connectivity index is 2.01. The molecule has 0 radical (unpaired) electrons. The summed E-state index contributed by atoms with van der Waals surface area (Å²) in [4.78, 5) is 16.2. The molecule has 0 unspecified atom stereocenters. The smallest absolute Gasteiger partial charge is 0.119 e. The largest absolute Gasteiger partial charge is 0.545 e. The highest BCUT2D eigenvalue weighted by atomic mass is 16.5. The first-order chi connectivity index (χ1) is 12.1. The molecule has 0 aliphatic rings. The van der Waals surface area contributed by atoms with Gasteiger partial charge >= 0.3 is 0 Å². The number of hydrogen-bond donors (Lipinski definition) is 0. The van der Waals surface area contributed by atoms with Crippen molar-refractivity contribution in [3.05, 3.63) is 59.7 Å². The Labute approximate surface area is 147 Å². The Morgan fingerprint density at radius 1 is 1.16 bits per heavy atom. The average molecular weight is 334 g/mol. The fourth-order valence-corrected chi connectivity index (χ4v) is 2.76. The van der Waals surface area contributed by atoms with E-state index < -0.39 is 5.97 Å². The number of ether oxygens (including phenoxy) is 1. The first kappa shape index (κ1) is 17.0. The van der Waals surface area contributed by atoms with Crippen LogP contribution in [0.1, 0.15) is 35.7 Å². The number of para-hydroxylation sites is 1. The second kappa shape index (κ2) is 7.34. The molecular formula is C21H20NO3-. The fraction of sp³-hybridized carbons (Fsp3) is 0.238. The summed E-state index contributed by atoms with van der Waals surface area (Å²) in [6, 6.07) is 14.6. The SMILES string of the molecule is CCCCOc1ccc(-c2cc(C(=O)[O-])c3cccc(C)c3n2)cc1. The van der Waals surface area contributed by atoms with Gasteiger partial charge in [-0.25, -0.2) is 4.98 Å². The van der Waals surface area contributed by atoms with Gasteiger partial charge in [0.2, 0.25) is 0 Å². The van der Waals surface area contributed by atoms with E-state index in [-0.39, 0.29) is 5.56 Å². The average Bonchev–Trinajstić information content (AvgIpc) is 2.62. The minimum Gasteiger partial charge on any atom is -0.545 e. The van der Waals surface area contributed by atoms with Gasteiger partial charge in [-0.2, -0.15) is 0 Å². The first-order valence-corrected chi connectivity index (χ1v) is 8.45. The maximum atomic E-state index is 11.6. The number of benzene rings is 2. The van der Waals surface area contributed by atoms with Crippen LogP contribution < -0.4 is 9.84 Å². The lowest BCUT2D eigenvalue weighted by Gasteiger charge is -2.12. The van der Waals surface area contributed by atoms with Crippen molar-refractivity contribution in [1.82, 2.24) is 4.98 Å². The number of aromatic nitrogens is 1. The van der Waals surface area contributed by atoms with E-state index in [1.54, 1.807) is 12.1 Å². The standard InChI is InChI=1S/C21H21NO3/c1-3-4-12-25-16-10-8-15(9-11-16)19-13-18(21(23)24)17-7-5-6-14(2)20(17)22-19/h5-11,13H,3-4,12H2,1-2H3,(H,23,24)/p-1. The third-order valence-corrected chi connectivity index (χ3v) is 4.18. The monoisotopic (exact) mass is 334 g/mol. The summed E-state index contributed by atoms with van der Waals surface area (Å²) in [6.07, 6.45) is 2.10. The molecule has 0 aliphatic heterocycles. The lowest BCUT2D eigenvalue weighted by atomic mass is 10.0. The molecule has 0 saturated heterocycles. The van der Waals surface area contributed by atoms with Gasteiger partial charge in [0, 0.05) is 16.5 Å². The number of carboxylic acid groups (broad SMARTS) is 1. The van der Waals surface area contributed by atoms with Crippen LogP contribution in [0.15, 0.2) is 48.5 Å². The number of hydrogen-bond acceptors (Lipinski definition) is 4. The van der Waals surface area contributed by atoms with Crippen LogP contribution in [-0.4, -0.2) is 17.6 Å². The third kappa shape index (κ3) is 3.63. The van der Waals surface area contributed by atoms with Crippen molar-refractivity contribution in [3.8, 4) is 17.0 Å². The molecule has 0 N–H and O–H groups in total. The molecule has 4 heteroatoms. The fourth-order valence-electron chi connectivity index (χ4n) is 2.76. The van der Waals surface area contributed by atoms with E-state index in [1.807, 2.05) is 43.3 Å². The minimum absolute atomic E-state index is 0.159. The summed E-state index contributed by atoms with van der Waals surface area (Å²) in [5, 5.41) is 12.2. The Kier molecular flexibility index (Phi) is 4.98. The quantitative estimate of drug-likeness (QED) is 0.644. The van der Waals surface area contributed by atoms with Crippen molar-refractivity contribution >= 4 is 16.9 Å². The van der Waals surface area contributed by atoms with E-state index in [9.17, 15) is 9.90 Å². The first-order valence-electron chi connectivity index (χ1n) is 8.45. The van der Waals surface area contributed by atoms with Gasteiger partial charge < -0.3 is 14.6 Å². The van der Waals surface area contributed by atoms with E-state index in [2.05, 4.69) is 11.9 Å². The molecule has 3 aromatic rings. The lowest BCUT2D eigenvalue weighted by Crippen LogP contribution is -2.22. The highest BCUT2D eigenvalue weighted by molar-refractivity contribution is 6.03.